The van der Waals surface area contributed by atoms with Crippen LogP contribution in [-0.2, 0) is 0 Å². The number of fused-ring (bicyclic) bond motifs is 1. The molecular formula is C12H13N3. The number of aromatic nitrogens is 1. The summed E-state index contributed by atoms with van der Waals surface area (Å²) in [6, 6.07) is 8.91. The van der Waals surface area contributed by atoms with Crippen molar-refractivity contribution < 1.29 is 0 Å². The lowest BCUT2D eigenvalue weighted by atomic mass is 10.1. The standard InChI is InChI=1S/C12H13N3/c1-2-9-4-5-13-8-11(9)12(3-1)15-10-6-14-7-10/h1-5,8,10,14-15H,6-7H2. The van der Waals surface area contributed by atoms with E-state index < -0.39 is 0 Å². The minimum Gasteiger partial charge on any atom is -0.379 e. The van der Waals surface area contributed by atoms with E-state index in [2.05, 4.69) is 33.8 Å². The maximum atomic E-state index is 4.17. The molecule has 76 valence electrons. The molecule has 0 unspecified atom stereocenters. The number of hydrogen-bond donors (Lipinski definition) is 2. The molecule has 2 heterocycles. The van der Waals surface area contributed by atoms with Gasteiger partial charge in [0.15, 0.2) is 0 Å². The van der Waals surface area contributed by atoms with E-state index in [-0.39, 0.29) is 0 Å². The molecule has 2 aromatic rings. The highest BCUT2D eigenvalue weighted by atomic mass is 15.1. The Morgan fingerprint density at radius 1 is 1.27 bits per heavy atom. The van der Waals surface area contributed by atoms with Gasteiger partial charge in [0.25, 0.3) is 0 Å². The Balaban J connectivity index is 2.01. The number of benzene rings is 1. The van der Waals surface area contributed by atoms with Gasteiger partial charge in [-0.15, -0.1) is 0 Å². The fourth-order valence-electron chi connectivity index (χ4n) is 1.85. The third kappa shape index (κ3) is 1.55. The van der Waals surface area contributed by atoms with E-state index in [1.807, 2.05) is 18.5 Å². The molecule has 3 rings (SSSR count). The van der Waals surface area contributed by atoms with Gasteiger partial charge < -0.3 is 10.6 Å². The molecule has 1 aromatic carbocycles. The average molecular weight is 199 g/mol. The fourth-order valence-corrected chi connectivity index (χ4v) is 1.85. The molecule has 0 aliphatic carbocycles. The van der Waals surface area contributed by atoms with Gasteiger partial charge in [0.1, 0.15) is 0 Å². The summed E-state index contributed by atoms with van der Waals surface area (Å²) in [5, 5.41) is 9.21. The van der Waals surface area contributed by atoms with Crippen LogP contribution in [0, 0.1) is 0 Å². The van der Waals surface area contributed by atoms with Gasteiger partial charge in [0, 0.05) is 36.6 Å². The molecule has 0 bridgehead atoms. The second-order valence-corrected chi connectivity index (χ2v) is 3.90. The minimum atomic E-state index is 0.566. The van der Waals surface area contributed by atoms with Gasteiger partial charge in [-0.2, -0.15) is 0 Å². The smallest absolute Gasteiger partial charge is 0.0510 e. The van der Waals surface area contributed by atoms with Gasteiger partial charge in [-0.05, 0) is 17.5 Å². The molecule has 15 heavy (non-hydrogen) atoms. The van der Waals surface area contributed by atoms with Gasteiger partial charge in [-0.1, -0.05) is 12.1 Å². The van der Waals surface area contributed by atoms with Crippen molar-refractivity contribution in [2.75, 3.05) is 18.4 Å². The molecule has 0 saturated carbocycles. The van der Waals surface area contributed by atoms with Crippen LogP contribution in [-0.4, -0.2) is 24.1 Å². The fraction of sp³-hybridized carbons (Fsp3) is 0.250. The van der Waals surface area contributed by atoms with E-state index in [0.717, 1.165) is 13.1 Å². The van der Waals surface area contributed by atoms with Crippen molar-refractivity contribution in [2.45, 2.75) is 6.04 Å². The second kappa shape index (κ2) is 3.51. The molecule has 1 saturated heterocycles. The number of pyridine rings is 1. The molecule has 1 aliphatic heterocycles. The van der Waals surface area contributed by atoms with Crippen molar-refractivity contribution in [3.8, 4) is 0 Å². The van der Waals surface area contributed by atoms with Crippen molar-refractivity contribution in [3.63, 3.8) is 0 Å². The molecule has 0 spiro atoms. The zero-order valence-corrected chi connectivity index (χ0v) is 8.40. The Labute approximate surface area is 88.5 Å². The topological polar surface area (TPSA) is 37.0 Å². The maximum absolute atomic E-state index is 4.17. The van der Waals surface area contributed by atoms with E-state index in [1.165, 1.54) is 16.5 Å². The number of hydrogen-bond acceptors (Lipinski definition) is 3. The van der Waals surface area contributed by atoms with Crippen LogP contribution in [0.2, 0.25) is 0 Å². The highest BCUT2D eigenvalue weighted by Gasteiger charge is 2.16. The summed E-state index contributed by atoms with van der Waals surface area (Å²) < 4.78 is 0. The van der Waals surface area contributed by atoms with Crippen LogP contribution in [0.3, 0.4) is 0 Å². The maximum Gasteiger partial charge on any atom is 0.0510 e. The van der Waals surface area contributed by atoms with Crippen molar-refractivity contribution in [1.29, 1.82) is 0 Å². The van der Waals surface area contributed by atoms with Crippen molar-refractivity contribution in [1.82, 2.24) is 10.3 Å². The van der Waals surface area contributed by atoms with Crippen LogP contribution in [0.1, 0.15) is 0 Å². The van der Waals surface area contributed by atoms with Crippen LogP contribution in [0.15, 0.2) is 36.7 Å². The summed E-state index contributed by atoms with van der Waals surface area (Å²) in [5.41, 5.74) is 1.19. The summed E-state index contributed by atoms with van der Waals surface area (Å²) in [6.45, 7) is 2.10. The summed E-state index contributed by atoms with van der Waals surface area (Å²) in [4.78, 5) is 4.17. The van der Waals surface area contributed by atoms with Gasteiger partial charge in [-0.25, -0.2) is 0 Å². The first-order valence-electron chi connectivity index (χ1n) is 5.23. The van der Waals surface area contributed by atoms with Crippen LogP contribution in [0.4, 0.5) is 5.69 Å². The molecule has 1 fully saturated rings. The van der Waals surface area contributed by atoms with Crippen LogP contribution < -0.4 is 10.6 Å². The first-order chi connectivity index (χ1) is 7.43. The zero-order valence-electron chi connectivity index (χ0n) is 8.40. The quantitative estimate of drug-likeness (QED) is 0.771. The molecule has 1 aliphatic rings. The molecule has 0 atom stereocenters. The Morgan fingerprint density at radius 3 is 3.00 bits per heavy atom. The number of nitrogens with one attached hydrogen (secondary N) is 2. The number of nitrogens with zero attached hydrogens (tertiary/aromatic N) is 1. The monoisotopic (exact) mass is 199 g/mol. The zero-order chi connectivity index (χ0) is 10.1. The largest absolute Gasteiger partial charge is 0.379 e. The summed E-state index contributed by atoms with van der Waals surface area (Å²) in [7, 11) is 0. The predicted molar refractivity (Wildman–Crippen MR) is 62.0 cm³/mol. The second-order valence-electron chi connectivity index (χ2n) is 3.90. The number of rotatable bonds is 2. The van der Waals surface area contributed by atoms with Crippen molar-refractivity contribution in [2.24, 2.45) is 0 Å². The Morgan fingerprint density at radius 2 is 2.20 bits per heavy atom. The average Bonchev–Trinajstić information content (AvgIpc) is 2.23. The van der Waals surface area contributed by atoms with Crippen LogP contribution >= 0.6 is 0 Å². The highest BCUT2D eigenvalue weighted by molar-refractivity contribution is 5.93. The Kier molecular flexibility index (Phi) is 2.03. The first-order valence-corrected chi connectivity index (χ1v) is 5.23. The Bertz CT molecular complexity index is 472. The van der Waals surface area contributed by atoms with Crippen molar-refractivity contribution in [3.05, 3.63) is 36.7 Å². The normalized spacial score (nSPS) is 16.3. The third-order valence-corrected chi connectivity index (χ3v) is 2.82. The number of anilines is 1. The molecule has 3 nitrogen and oxygen atoms in total. The first kappa shape index (κ1) is 8.68. The summed E-state index contributed by atoms with van der Waals surface area (Å²) in [5.74, 6) is 0. The van der Waals surface area contributed by atoms with Gasteiger partial charge in [0.05, 0.1) is 6.04 Å². The molecule has 0 amide bonds. The lowest BCUT2D eigenvalue weighted by Crippen LogP contribution is -2.51. The van der Waals surface area contributed by atoms with E-state index in [9.17, 15) is 0 Å². The summed E-state index contributed by atoms with van der Waals surface area (Å²) >= 11 is 0. The predicted octanol–water partition coefficient (Wildman–Crippen LogP) is 1.62. The van der Waals surface area contributed by atoms with Gasteiger partial charge >= 0.3 is 0 Å². The van der Waals surface area contributed by atoms with Gasteiger partial charge in [0.2, 0.25) is 0 Å². The van der Waals surface area contributed by atoms with E-state index in [0.29, 0.717) is 6.04 Å². The Hall–Kier alpha value is -1.61. The van der Waals surface area contributed by atoms with Crippen molar-refractivity contribution >= 4 is 16.5 Å². The highest BCUT2D eigenvalue weighted by Crippen LogP contribution is 2.22. The lowest BCUT2D eigenvalue weighted by Gasteiger charge is -2.29. The lowest BCUT2D eigenvalue weighted by molar-refractivity contribution is 0.472. The molecule has 0 radical (unpaired) electrons. The van der Waals surface area contributed by atoms with Crippen LogP contribution in [0.5, 0.6) is 0 Å². The molecule has 2 N–H and O–H groups in total. The van der Waals surface area contributed by atoms with E-state index >= 15 is 0 Å². The molecule has 1 aromatic heterocycles. The van der Waals surface area contributed by atoms with Gasteiger partial charge in [-0.3, -0.25) is 4.98 Å². The molecule has 3 heteroatoms. The van der Waals surface area contributed by atoms with E-state index in [1.54, 1.807) is 0 Å². The molecular weight excluding hydrogens is 186 g/mol. The minimum absolute atomic E-state index is 0.566. The van der Waals surface area contributed by atoms with Crippen LogP contribution in [0.25, 0.3) is 10.8 Å². The SMILES string of the molecule is c1cc(NC2CNC2)c2cnccc2c1. The van der Waals surface area contributed by atoms with E-state index in [4.69, 9.17) is 0 Å². The summed E-state index contributed by atoms with van der Waals surface area (Å²) in [6.07, 6.45) is 3.75. The third-order valence-electron chi connectivity index (χ3n) is 2.82.